The molecule has 0 radical (unpaired) electrons. The maximum absolute atomic E-state index is 13.4. The first-order valence-electron chi connectivity index (χ1n) is 16.2. The lowest BCUT2D eigenvalue weighted by Gasteiger charge is -2.29. The molecule has 3 atom stereocenters. The number of carbonyl (C=O) groups is 5. The highest BCUT2D eigenvalue weighted by Crippen LogP contribution is 2.20. The van der Waals surface area contributed by atoms with E-state index in [1.165, 1.54) is 23.8 Å². The summed E-state index contributed by atoms with van der Waals surface area (Å²) in [6.45, 7) is 7.02. The van der Waals surface area contributed by atoms with Crippen LogP contribution in [0.25, 0.3) is 0 Å². The van der Waals surface area contributed by atoms with Gasteiger partial charge in [0.2, 0.25) is 11.8 Å². The lowest BCUT2D eigenvalue weighted by Crippen LogP contribution is -2.47. The molecule has 3 amide bonds. The van der Waals surface area contributed by atoms with Gasteiger partial charge in [-0.2, -0.15) is 5.26 Å². The summed E-state index contributed by atoms with van der Waals surface area (Å²) >= 11 is 1.07. The number of ether oxygens (including phenoxy) is 3. The number of carbonyl (C=O) groups excluding carboxylic acids is 5. The number of likely N-dealkylation sites (tertiary alicyclic amines) is 1. The Hall–Kier alpha value is -4.57. The third kappa shape index (κ3) is 13.1. The van der Waals surface area contributed by atoms with Crippen molar-refractivity contribution in [1.82, 2.24) is 15.1 Å². The molecule has 264 valence electrons. The van der Waals surface area contributed by atoms with Gasteiger partial charge in [-0.3, -0.25) is 19.3 Å². The van der Waals surface area contributed by atoms with Crippen LogP contribution in [0.3, 0.4) is 0 Å². The Balaban J connectivity index is 1.62. The van der Waals surface area contributed by atoms with Crippen LogP contribution >= 0.6 is 11.8 Å². The Labute approximate surface area is 292 Å². The zero-order valence-electron chi connectivity index (χ0n) is 28.8. The number of nitrogens with one attached hydrogen (secondary N) is 1. The highest BCUT2D eigenvalue weighted by Gasteiger charge is 2.32. The zero-order chi connectivity index (χ0) is 36.0. The Morgan fingerprint density at radius 2 is 1.71 bits per heavy atom. The fourth-order valence-corrected chi connectivity index (χ4v) is 5.92. The Morgan fingerprint density at radius 3 is 2.33 bits per heavy atom. The zero-order valence-corrected chi connectivity index (χ0v) is 29.6. The Morgan fingerprint density at radius 1 is 1.04 bits per heavy atom. The van der Waals surface area contributed by atoms with Crippen molar-refractivity contribution >= 4 is 40.8 Å². The van der Waals surface area contributed by atoms with Crippen molar-refractivity contribution in [2.75, 3.05) is 39.1 Å². The summed E-state index contributed by atoms with van der Waals surface area (Å²) in [5.41, 5.74) is 0.909. The number of hydrogen-bond acceptors (Lipinski definition) is 10. The van der Waals surface area contributed by atoms with Gasteiger partial charge < -0.3 is 24.4 Å². The molecule has 1 N–H and O–H groups in total. The molecule has 2 aromatic rings. The maximum Gasteiger partial charge on any atom is 0.410 e. The molecule has 49 heavy (non-hydrogen) atoms. The fourth-order valence-electron chi connectivity index (χ4n) is 5.22. The molecule has 1 fully saturated rings. The van der Waals surface area contributed by atoms with E-state index in [9.17, 15) is 29.2 Å². The number of benzene rings is 2. The summed E-state index contributed by atoms with van der Waals surface area (Å²) in [6, 6.07) is 17.1. The first-order valence-corrected chi connectivity index (χ1v) is 17.2. The summed E-state index contributed by atoms with van der Waals surface area (Å²) in [4.78, 5) is 66.4. The van der Waals surface area contributed by atoms with E-state index in [4.69, 9.17) is 14.2 Å². The second-order valence-corrected chi connectivity index (χ2v) is 13.9. The predicted octanol–water partition coefficient (Wildman–Crippen LogP) is 4.16. The number of methoxy groups -OCH3 is 1. The van der Waals surface area contributed by atoms with Gasteiger partial charge in [-0.15, -0.1) is 0 Å². The molecule has 0 aromatic heterocycles. The number of hydrogen-bond donors (Lipinski definition) is 1. The minimum Gasteiger partial charge on any atom is -0.492 e. The highest BCUT2D eigenvalue weighted by molar-refractivity contribution is 8.13. The van der Waals surface area contributed by atoms with Crippen LogP contribution in [-0.4, -0.2) is 95.6 Å². The van der Waals surface area contributed by atoms with Gasteiger partial charge in [-0.1, -0.05) is 54.2 Å². The summed E-state index contributed by atoms with van der Waals surface area (Å²) in [7, 11) is 1.26. The van der Waals surface area contributed by atoms with Crippen LogP contribution in [0.5, 0.6) is 5.75 Å². The van der Waals surface area contributed by atoms with Crippen LogP contribution < -0.4 is 10.1 Å². The van der Waals surface area contributed by atoms with Gasteiger partial charge >= 0.3 is 12.1 Å². The standard InChI is InChI=1S/C36H46N4O8S/c1-25(41)49-24-28(20-26-10-7-6-8-11-26)33(43)38-31(34(44)46-5)21-27-13-15-30(16-14-27)47-19-18-39(35(45)48-36(2,3)4)23-32(42)40-17-9-12-29(40)22-37/h6-8,10-11,13-16,28-29,31H,9,12,17-21,23-24H2,1-5H3,(H,38,43). The SMILES string of the molecule is COC(=O)C(Cc1ccc(OCCN(CC(=O)N2CCCC2C#N)C(=O)OC(C)(C)C)cc1)NC(=O)C(CSC(C)=O)Cc1ccccc1. The van der Waals surface area contributed by atoms with Crippen molar-refractivity contribution in [1.29, 1.82) is 5.26 Å². The van der Waals surface area contributed by atoms with Crippen molar-refractivity contribution in [2.24, 2.45) is 5.92 Å². The van der Waals surface area contributed by atoms with E-state index in [0.29, 0.717) is 25.1 Å². The molecule has 1 saturated heterocycles. The van der Waals surface area contributed by atoms with E-state index in [1.807, 2.05) is 30.3 Å². The van der Waals surface area contributed by atoms with E-state index in [1.54, 1.807) is 45.0 Å². The van der Waals surface area contributed by atoms with Gasteiger partial charge in [0.25, 0.3) is 0 Å². The average molecular weight is 695 g/mol. The number of nitriles is 1. The third-order valence-corrected chi connectivity index (χ3v) is 8.65. The summed E-state index contributed by atoms with van der Waals surface area (Å²) in [5.74, 6) is -1.06. The van der Waals surface area contributed by atoms with Gasteiger partial charge in [-0.05, 0) is 63.3 Å². The molecule has 12 nitrogen and oxygen atoms in total. The lowest BCUT2D eigenvalue weighted by molar-refractivity contribution is -0.145. The molecule has 0 spiro atoms. The van der Waals surface area contributed by atoms with E-state index in [2.05, 4.69) is 11.4 Å². The average Bonchev–Trinajstić information content (AvgIpc) is 3.55. The van der Waals surface area contributed by atoms with Gasteiger partial charge in [-0.25, -0.2) is 9.59 Å². The number of rotatable bonds is 15. The lowest BCUT2D eigenvalue weighted by atomic mass is 9.99. The molecule has 1 heterocycles. The highest BCUT2D eigenvalue weighted by atomic mass is 32.2. The maximum atomic E-state index is 13.4. The third-order valence-electron chi connectivity index (χ3n) is 7.68. The van der Waals surface area contributed by atoms with Gasteiger partial charge in [0.1, 0.15) is 36.6 Å². The quantitative estimate of drug-likeness (QED) is 0.269. The van der Waals surface area contributed by atoms with Gasteiger partial charge in [0, 0.05) is 25.6 Å². The van der Waals surface area contributed by atoms with Crippen molar-refractivity contribution < 1.29 is 38.2 Å². The van der Waals surface area contributed by atoms with Crippen molar-refractivity contribution in [2.45, 2.75) is 71.1 Å². The number of nitrogens with zero attached hydrogens (tertiary/aromatic N) is 3. The van der Waals surface area contributed by atoms with Gasteiger partial charge in [0.15, 0.2) is 5.12 Å². The molecule has 1 aliphatic heterocycles. The van der Waals surface area contributed by atoms with E-state index >= 15 is 0 Å². The summed E-state index contributed by atoms with van der Waals surface area (Å²) in [6.07, 6.45) is 1.25. The smallest absolute Gasteiger partial charge is 0.410 e. The molecule has 0 bridgehead atoms. The summed E-state index contributed by atoms with van der Waals surface area (Å²) < 4.78 is 16.4. The number of thioether (sulfide) groups is 1. The molecule has 0 aliphatic carbocycles. The van der Waals surface area contributed by atoms with Crippen molar-refractivity contribution in [3.05, 3.63) is 65.7 Å². The van der Waals surface area contributed by atoms with Crippen LogP contribution in [0.1, 0.15) is 51.7 Å². The van der Waals surface area contributed by atoms with Crippen molar-refractivity contribution in [3.8, 4) is 11.8 Å². The van der Waals surface area contributed by atoms with E-state index in [-0.39, 0.29) is 48.8 Å². The molecule has 13 heteroatoms. The van der Waals surface area contributed by atoms with Crippen LogP contribution in [0, 0.1) is 17.2 Å². The fraction of sp³-hybridized carbons (Fsp3) is 0.500. The number of esters is 1. The Bertz CT molecular complexity index is 1470. The largest absolute Gasteiger partial charge is 0.492 e. The van der Waals surface area contributed by atoms with Crippen LogP contribution in [0.15, 0.2) is 54.6 Å². The van der Waals surface area contributed by atoms with Crippen LogP contribution in [-0.2, 0) is 41.5 Å². The van der Waals surface area contributed by atoms with Gasteiger partial charge in [0.05, 0.1) is 25.6 Å². The second-order valence-electron chi connectivity index (χ2n) is 12.7. The van der Waals surface area contributed by atoms with Crippen molar-refractivity contribution in [3.63, 3.8) is 0 Å². The Kier molecular flexibility index (Phi) is 14.9. The first-order chi connectivity index (χ1) is 23.3. The first kappa shape index (κ1) is 38.9. The summed E-state index contributed by atoms with van der Waals surface area (Å²) in [5, 5.41) is 12.1. The monoisotopic (exact) mass is 694 g/mol. The second kappa shape index (κ2) is 18.8. The van der Waals surface area contributed by atoms with Crippen LogP contribution in [0.2, 0.25) is 0 Å². The molecule has 3 unspecified atom stereocenters. The predicted molar refractivity (Wildman–Crippen MR) is 185 cm³/mol. The minimum absolute atomic E-state index is 0.0649. The topological polar surface area (TPSA) is 155 Å². The molecular weight excluding hydrogens is 648 g/mol. The van der Waals surface area contributed by atoms with E-state index in [0.717, 1.165) is 29.3 Å². The molecule has 3 rings (SSSR count). The molecule has 1 aliphatic rings. The number of amides is 3. The molecule has 2 aromatic carbocycles. The normalized spacial score (nSPS) is 15.3. The van der Waals surface area contributed by atoms with Crippen LogP contribution in [0.4, 0.5) is 4.79 Å². The molecule has 0 saturated carbocycles. The molecular formula is C36H46N4O8S. The minimum atomic E-state index is -0.957. The van der Waals surface area contributed by atoms with E-state index < -0.39 is 35.7 Å².